The molecule has 0 fully saturated rings. The van der Waals surface area contributed by atoms with E-state index in [1.165, 1.54) is 63.8 Å². The Hall–Kier alpha value is -2.86. The van der Waals surface area contributed by atoms with Gasteiger partial charge >= 0.3 is 0 Å². The highest BCUT2D eigenvalue weighted by atomic mass is 28.3. The van der Waals surface area contributed by atoms with E-state index in [0.717, 1.165) is 0 Å². The first kappa shape index (κ1) is 42.3. The van der Waals surface area contributed by atoms with E-state index in [1.807, 2.05) is 0 Å². The highest BCUT2D eigenvalue weighted by Gasteiger charge is 2.31. The molecule has 0 amide bonds. The lowest BCUT2D eigenvalue weighted by molar-refractivity contribution is 1.36. The molecular weight excluding hydrogens is 745 g/mol. The van der Waals surface area contributed by atoms with Crippen LogP contribution in [0, 0.1) is 0 Å². The Bertz CT molecular complexity index is 1800. The van der Waals surface area contributed by atoms with Crippen molar-refractivity contribution < 1.29 is 0 Å². The summed E-state index contributed by atoms with van der Waals surface area (Å²) in [6.45, 7) is 39.5. The molecule has 6 heteroatoms. The number of hydrogen-bond donors (Lipinski definition) is 0. The summed E-state index contributed by atoms with van der Waals surface area (Å²) in [7, 11) is -10.9. The normalized spacial score (nSPS) is 22.4. The fourth-order valence-corrected chi connectivity index (χ4v) is 23.2. The summed E-state index contributed by atoms with van der Waals surface area (Å²) in [6, 6.07) is 39.3. The van der Waals surface area contributed by atoms with Crippen molar-refractivity contribution in [3.05, 3.63) is 142 Å². The van der Waals surface area contributed by atoms with Crippen LogP contribution >= 0.6 is 0 Å². The largest absolute Gasteiger partial charge is 0.112 e. The lowest BCUT2D eigenvalue weighted by Gasteiger charge is -2.28. The maximum atomic E-state index is 2.63. The molecule has 284 valence electrons. The summed E-state index contributed by atoms with van der Waals surface area (Å²) in [5, 5.41) is 12.1. The van der Waals surface area contributed by atoms with Crippen LogP contribution in [-0.2, 0) is 0 Å². The van der Waals surface area contributed by atoms with Crippen molar-refractivity contribution in [2.75, 3.05) is 0 Å². The summed E-state index contributed by atoms with van der Waals surface area (Å²) < 4.78 is 0. The van der Waals surface area contributed by atoms with Gasteiger partial charge in [-0.05, 0) is 27.7 Å². The van der Waals surface area contributed by atoms with Crippen molar-refractivity contribution in [2.45, 2.75) is 106 Å². The minimum absolute atomic E-state index is 1.44. The highest BCUT2D eigenvalue weighted by molar-refractivity contribution is 7.02. The molecule has 7 heterocycles. The second kappa shape index (κ2) is 15.2. The van der Waals surface area contributed by atoms with Gasteiger partial charge < -0.3 is 0 Å². The Morgan fingerprint density at radius 3 is 0.500 bits per heavy atom. The molecule has 0 radical (unpaired) electrons. The molecule has 8 bridgehead atoms. The second-order valence-electron chi connectivity index (χ2n) is 19.8. The van der Waals surface area contributed by atoms with Gasteiger partial charge in [-0.25, -0.2) is 0 Å². The smallest absolute Gasteiger partial charge is 0.0871 e. The van der Waals surface area contributed by atoms with E-state index in [4.69, 9.17) is 0 Å². The molecule has 0 nitrogen and oxygen atoms in total. The summed E-state index contributed by atoms with van der Waals surface area (Å²) in [5.74, 6) is 0. The fourth-order valence-electron chi connectivity index (χ4n) is 8.55. The third-order valence-electron chi connectivity index (χ3n) is 13.0. The van der Waals surface area contributed by atoms with Gasteiger partial charge in [0.2, 0.25) is 0 Å². The van der Waals surface area contributed by atoms with Crippen LogP contribution in [0.25, 0.3) is 0 Å². The molecule has 0 spiro atoms. The third kappa shape index (κ3) is 8.90. The SMILES string of the molecule is CC1=C[Si](C)(C)c2ccc(cc2)[Si](C)(C)c2ccc(cc2)[Si](C)(C)/C=C(/C)C(C)=C[Si](C)(C)c2ccc(cc2)[Si](C)(C)c2ccc(cc2)[Si](C)(C)/C=C\1C. The van der Waals surface area contributed by atoms with E-state index >= 15 is 0 Å². The summed E-state index contributed by atoms with van der Waals surface area (Å²) in [5.41, 5.74) is 16.3. The van der Waals surface area contributed by atoms with Crippen LogP contribution in [0.1, 0.15) is 27.7 Å². The van der Waals surface area contributed by atoms with Gasteiger partial charge in [-0.1, -0.05) is 262 Å². The molecule has 0 aliphatic carbocycles. The average Bonchev–Trinajstić information content (AvgIpc) is 3.10. The zero-order chi connectivity index (χ0) is 40.1. The van der Waals surface area contributed by atoms with Gasteiger partial charge in [0.25, 0.3) is 0 Å². The van der Waals surface area contributed by atoms with Crippen LogP contribution in [-0.4, -0.2) is 48.4 Å². The average molecular weight is 814 g/mol. The minimum atomic E-state index is -1.85. The predicted molar refractivity (Wildman–Crippen MR) is 263 cm³/mol. The molecule has 0 aromatic heterocycles. The first-order valence-electron chi connectivity index (χ1n) is 20.1. The van der Waals surface area contributed by atoms with E-state index in [2.05, 4.69) is 226 Å². The van der Waals surface area contributed by atoms with Crippen molar-refractivity contribution in [3.8, 4) is 0 Å². The maximum Gasteiger partial charge on any atom is 0.112 e. The molecule has 0 unspecified atom stereocenters. The third-order valence-corrected chi connectivity index (χ3v) is 32.0. The summed E-state index contributed by atoms with van der Waals surface area (Å²) >= 11 is 0. The van der Waals surface area contributed by atoms with Gasteiger partial charge in [0.1, 0.15) is 48.4 Å². The maximum absolute atomic E-state index is 2.63. The number of allylic oxidation sites excluding steroid dienone is 4. The molecule has 4 aromatic carbocycles. The Morgan fingerprint density at radius 2 is 0.352 bits per heavy atom. The predicted octanol–water partition coefficient (Wildman–Crippen LogP) is 8.65. The van der Waals surface area contributed by atoms with Crippen molar-refractivity contribution in [2.24, 2.45) is 0 Å². The van der Waals surface area contributed by atoms with Gasteiger partial charge in [-0.2, -0.15) is 0 Å². The summed E-state index contributed by atoms with van der Waals surface area (Å²) in [6.07, 6.45) is 0. The molecule has 54 heavy (non-hydrogen) atoms. The Morgan fingerprint density at radius 1 is 0.222 bits per heavy atom. The Labute approximate surface area is 336 Å². The zero-order valence-electron chi connectivity index (χ0n) is 36.5. The van der Waals surface area contributed by atoms with Crippen LogP contribution < -0.4 is 41.5 Å². The minimum Gasteiger partial charge on any atom is -0.0871 e. The standard InChI is InChI=1S/C48H68Si6/c1-37-33-49(5,6)41-17-25-45(26-18-41)53(13,14)47-29-21-43(22-30-47)51(9,10)35-39(3)40(4)36-52(11,12)44-23-31-48(32-24-44)54(15,16)46-27-19-42(20-28-46)50(7,8)34-38(37)2/h17-36H,1-16H3/b37-33-,38-34?,39-35?,40-36-. The van der Waals surface area contributed by atoms with E-state index in [9.17, 15) is 0 Å². The second-order valence-corrected chi connectivity index (χ2v) is 45.8. The van der Waals surface area contributed by atoms with E-state index in [-0.39, 0.29) is 0 Å². The van der Waals surface area contributed by atoms with Crippen molar-refractivity contribution in [1.82, 2.24) is 0 Å². The van der Waals surface area contributed by atoms with Gasteiger partial charge in [0, 0.05) is 0 Å². The van der Waals surface area contributed by atoms with Crippen molar-refractivity contribution in [3.63, 3.8) is 0 Å². The number of rotatable bonds is 0. The molecule has 7 aliphatic rings. The fraction of sp³-hybridized carbons (Fsp3) is 0.333. The zero-order valence-corrected chi connectivity index (χ0v) is 42.5. The number of hydrogen-bond acceptors (Lipinski definition) is 0. The van der Waals surface area contributed by atoms with Crippen LogP contribution in [0.5, 0.6) is 0 Å². The molecule has 0 N–H and O–H groups in total. The quantitative estimate of drug-likeness (QED) is 0.156. The van der Waals surface area contributed by atoms with Crippen LogP contribution in [0.2, 0.25) is 78.6 Å². The molecule has 7 aliphatic heterocycles. The Kier molecular flexibility index (Phi) is 11.9. The topological polar surface area (TPSA) is 0 Å². The molecule has 11 rings (SSSR count). The molecule has 0 saturated carbocycles. The van der Waals surface area contributed by atoms with Crippen LogP contribution in [0.4, 0.5) is 0 Å². The lowest BCUT2D eigenvalue weighted by atomic mass is 10.2. The molecular formula is C48H68Si6. The Balaban J connectivity index is 1.61. The monoisotopic (exact) mass is 812 g/mol. The number of benzene rings is 4. The van der Waals surface area contributed by atoms with Crippen molar-refractivity contribution >= 4 is 89.9 Å². The molecule has 4 aromatic rings. The van der Waals surface area contributed by atoms with E-state index < -0.39 is 48.4 Å². The van der Waals surface area contributed by atoms with Crippen molar-refractivity contribution in [1.29, 1.82) is 0 Å². The first-order chi connectivity index (χ1) is 24.9. The van der Waals surface area contributed by atoms with Gasteiger partial charge in [-0.15, -0.1) is 0 Å². The first-order valence-corrected chi connectivity index (χ1v) is 38.4. The van der Waals surface area contributed by atoms with Crippen LogP contribution in [0.3, 0.4) is 0 Å². The van der Waals surface area contributed by atoms with Crippen LogP contribution in [0.15, 0.2) is 142 Å². The summed E-state index contributed by atoms with van der Waals surface area (Å²) in [4.78, 5) is 0. The lowest BCUT2D eigenvalue weighted by Crippen LogP contribution is -2.54. The van der Waals surface area contributed by atoms with Gasteiger partial charge in [-0.3, -0.25) is 0 Å². The van der Waals surface area contributed by atoms with Gasteiger partial charge in [0.15, 0.2) is 0 Å². The van der Waals surface area contributed by atoms with E-state index in [0.29, 0.717) is 0 Å². The van der Waals surface area contributed by atoms with Gasteiger partial charge in [0.05, 0.1) is 0 Å². The van der Waals surface area contributed by atoms with E-state index in [1.54, 1.807) is 0 Å². The molecule has 0 saturated heterocycles. The molecule has 0 atom stereocenters. The highest BCUT2D eigenvalue weighted by Crippen LogP contribution is 2.21.